The van der Waals surface area contributed by atoms with Crippen molar-refractivity contribution < 1.29 is 39.2 Å². The number of methoxy groups -OCH3 is 2. The number of carbonyl (C=O) groups is 3. The Hall–Kier alpha value is -2.39. The molecule has 5 N–H and O–H groups in total. The number of carboxylic acid groups (broad SMARTS) is 1. The summed E-state index contributed by atoms with van der Waals surface area (Å²) in [6, 6.07) is -2.55. The number of aliphatic hydroxyl groups excluding tert-OH is 2. The number of hydrogen-bond acceptors (Lipinski definition) is 10. The van der Waals surface area contributed by atoms with Gasteiger partial charge in [0, 0.05) is 39.3 Å². The third kappa shape index (κ3) is 12.8. The van der Waals surface area contributed by atoms with Gasteiger partial charge in [0.05, 0.1) is 30.2 Å². The van der Waals surface area contributed by atoms with Gasteiger partial charge in [-0.05, 0) is 70.5 Å². The summed E-state index contributed by atoms with van der Waals surface area (Å²) in [7, 11) is 8.76. The summed E-state index contributed by atoms with van der Waals surface area (Å²) in [5.41, 5.74) is 0. The molecule has 13 nitrogen and oxygen atoms in total. The number of ether oxygens (including phenoxy) is 2. The lowest BCUT2D eigenvalue weighted by atomic mass is 9.88. The zero-order chi connectivity index (χ0) is 40.2. The number of allylic oxidation sites excluding steroid dienone is 4. The van der Waals surface area contributed by atoms with Crippen molar-refractivity contribution in [3.63, 3.8) is 0 Å². The standard InChI is InChI=1S/C40H73N5O8/c1-13-26(6)35(44(10)39(49)33(24(2)3)42-38(48)34(25(4)5)43(8)9)31(52-11)23-32(46)45-21-17-20-30(45)36(53-12)27(7)37(47)41-29(40(50)51)22-28-18-15-14-16-19-28/h14-16,18,24-36,39,46,49H,13,17,19-23H2,1-12H3,(H,41,47)(H,42,48)(H,50,51)/t26-,27?,28?,29-,30-,31?,32?,33-,34?,35?,36?,39?/m0/s1. The van der Waals surface area contributed by atoms with Gasteiger partial charge in [-0.25, -0.2) is 4.79 Å². The first kappa shape index (κ1) is 46.8. The monoisotopic (exact) mass is 752 g/mol. The number of nitrogens with zero attached hydrogens (tertiary/aromatic N) is 3. The number of carbonyl (C=O) groups excluding carboxylic acids is 2. The third-order valence-electron chi connectivity index (χ3n) is 11.6. The van der Waals surface area contributed by atoms with E-state index in [9.17, 15) is 29.7 Å². The normalized spacial score (nSPS) is 23.7. The molecule has 1 aliphatic heterocycles. The number of amides is 2. The van der Waals surface area contributed by atoms with E-state index in [0.717, 1.165) is 19.3 Å². The maximum Gasteiger partial charge on any atom is 0.326 e. The van der Waals surface area contributed by atoms with Crippen LogP contribution in [0.1, 0.15) is 87.0 Å². The van der Waals surface area contributed by atoms with Crippen molar-refractivity contribution in [3.8, 4) is 0 Å². The Kier molecular flexibility index (Phi) is 19.6. The van der Waals surface area contributed by atoms with Gasteiger partial charge in [-0.1, -0.05) is 79.2 Å². The Bertz CT molecular complexity index is 1190. The van der Waals surface area contributed by atoms with Gasteiger partial charge < -0.3 is 35.4 Å². The Morgan fingerprint density at radius 2 is 1.60 bits per heavy atom. The molecule has 0 aromatic rings. The zero-order valence-electron chi connectivity index (χ0n) is 34.6. The average Bonchev–Trinajstić information content (AvgIpc) is 3.59. The largest absolute Gasteiger partial charge is 0.480 e. The summed E-state index contributed by atoms with van der Waals surface area (Å²) in [5.74, 6) is -2.20. The van der Waals surface area contributed by atoms with E-state index in [0.29, 0.717) is 13.0 Å². The molecule has 0 aromatic carbocycles. The van der Waals surface area contributed by atoms with Crippen LogP contribution in [0.4, 0.5) is 0 Å². The Labute approximate surface area is 319 Å². The lowest BCUT2D eigenvalue weighted by Gasteiger charge is -2.45. The molecule has 13 heteroatoms. The minimum absolute atomic E-state index is 0.0267. The summed E-state index contributed by atoms with van der Waals surface area (Å²) in [5, 5.41) is 39.5. The molecule has 0 saturated carbocycles. The molecule has 8 unspecified atom stereocenters. The molecule has 2 rings (SSSR count). The maximum absolute atomic E-state index is 13.5. The summed E-state index contributed by atoms with van der Waals surface area (Å²) in [6.45, 7) is 14.5. The molecular formula is C40H73N5O8. The van der Waals surface area contributed by atoms with E-state index in [4.69, 9.17) is 9.47 Å². The molecule has 0 spiro atoms. The molecule has 1 saturated heterocycles. The first-order chi connectivity index (χ1) is 24.9. The molecule has 2 aliphatic rings. The van der Waals surface area contributed by atoms with Crippen molar-refractivity contribution in [3.05, 3.63) is 24.3 Å². The van der Waals surface area contributed by atoms with Gasteiger partial charge in [0.25, 0.3) is 0 Å². The van der Waals surface area contributed by atoms with Crippen LogP contribution in [0.2, 0.25) is 0 Å². The molecule has 1 heterocycles. The van der Waals surface area contributed by atoms with Crippen LogP contribution < -0.4 is 10.6 Å². The van der Waals surface area contributed by atoms with Crippen molar-refractivity contribution in [2.75, 3.05) is 41.9 Å². The van der Waals surface area contributed by atoms with Crippen LogP contribution in [0, 0.1) is 29.6 Å². The average molecular weight is 752 g/mol. The second kappa shape index (κ2) is 22.2. The number of hydrogen-bond donors (Lipinski definition) is 5. The van der Waals surface area contributed by atoms with Gasteiger partial charge in [-0.2, -0.15) is 0 Å². The number of likely N-dealkylation sites (N-methyl/N-ethyl adjacent to an activating group) is 2. The molecule has 0 bridgehead atoms. The minimum atomic E-state index is -1.08. The molecule has 306 valence electrons. The Balaban J connectivity index is 2.25. The predicted octanol–water partition coefficient (Wildman–Crippen LogP) is 3.31. The SMILES string of the molecule is CC[C@H](C)C(C(CC(O)N1CCC[C@H]1C(OC)C(C)C(=O)N[C@@H](CC1C=CC=CC1)C(=O)O)OC)N(C)C(O)[C@@H](NC(=O)C(C(C)C)N(C)C)C(C)C. The highest BCUT2D eigenvalue weighted by Crippen LogP contribution is 2.32. The second-order valence-electron chi connectivity index (χ2n) is 16.3. The number of likely N-dealkylation sites (tertiary alicyclic amines) is 1. The quantitative estimate of drug-likeness (QED) is 0.0974. The number of carboxylic acids is 1. The lowest BCUT2D eigenvalue weighted by molar-refractivity contribution is -0.145. The van der Waals surface area contributed by atoms with E-state index in [2.05, 4.69) is 24.5 Å². The summed E-state index contributed by atoms with van der Waals surface area (Å²) >= 11 is 0. The Morgan fingerprint density at radius 3 is 2.09 bits per heavy atom. The van der Waals surface area contributed by atoms with E-state index in [-0.39, 0.29) is 60.5 Å². The second-order valence-corrected chi connectivity index (χ2v) is 16.3. The predicted molar refractivity (Wildman–Crippen MR) is 208 cm³/mol. The Morgan fingerprint density at radius 1 is 0.943 bits per heavy atom. The summed E-state index contributed by atoms with van der Waals surface area (Å²) in [4.78, 5) is 44.8. The maximum atomic E-state index is 13.5. The molecule has 0 aromatic heterocycles. The van der Waals surface area contributed by atoms with Crippen LogP contribution in [0.15, 0.2) is 24.3 Å². The van der Waals surface area contributed by atoms with Crippen LogP contribution in [-0.4, -0.2) is 145 Å². The van der Waals surface area contributed by atoms with Crippen LogP contribution in [0.25, 0.3) is 0 Å². The van der Waals surface area contributed by atoms with E-state index in [1.807, 2.05) is 87.8 Å². The topological polar surface area (TPSA) is 164 Å². The van der Waals surface area contributed by atoms with Gasteiger partial charge >= 0.3 is 5.97 Å². The van der Waals surface area contributed by atoms with Gasteiger partial charge in [0.2, 0.25) is 11.8 Å². The first-order valence-corrected chi connectivity index (χ1v) is 19.6. The number of aliphatic carboxylic acids is 1. The van der Waals surface area contributed by atoms with Crippen LogP contribution >= 0.6 is 0 Å². The molecular weight excluding hydrogens is 678 g/mol. The van der Waals surface area contributed by atoms with E-state index >= 15 is 0 Å². The summed E-state index contributed by atoms with van der Waals surface area (Å²) < 4.78 is 12.0. The lowest BCUT2D eigenvalue weighted by Crippen LogP contribution is -2.62. The van der Waals surface area contributed by atoms with Crippen LogP contribution in [-0.2, 0) is 23.9 Å². The van der Waals surface area contributed by atoms with Crippen molar-refractivity contribution in [1.82, 2.24) is 25.3 Å². The van der Waals surface area contributed by atoms with Crippen molar-refractivity contribution >= 4 is 17.8 Å². The summed E-state index contributed by atoms with van der Waals surface area (Å²) in [6.07, 6.45) is 8.25. The number of nitrogens with one attached hydrogen (secondary N) is 2. The van der Waals surface area contributed by atoms with E-state index in [1.54, 1.807) is 21.1 Å². The smallest absolute Gasteiger partial charge is 0.326 e. The van der Waals surface area contributed by atoms with E-state index in [1.165, 1.54) is 0 Å². The van der Waals surface area contributed by atoms with Crippen molar-refractivity contribution in [2.45, 2.75) is 142 Å². The zero-order valence-corrected chi connectivity index (χ0v) is 34.6. The fourth-order valence-electron chi connectivity index (χ4n) is 8.40. The van der Waals surface area contributed by atoms with Crippen molar-refractivity contribution in [2.24, 2.45) is 29.6 Å². The first-order valence-electron chi connectivity index (χ1n) is 19.6. The number of rotatable bonds is 23. The van der Waals surface area contributed by atoms with Gasteiger partial charge in [0.15, 0.2) is 0 Å². The van der Waals surface area contributed by atoms with Crippen molar-refractivity contribution in [1.29, 1.82) is 0 Å². The minimum Gasteiger partial charge on any atom is -0.480 e. The van der Waals surface area contributed by atoms with Crippen LogP contribution in [0.3, 0.4) is 0 Å². The van der Waals surface area contributed by atoms with Gasteiger partial charge in [0.1, 0.15) is 18.5 Å². The highest BCUT2D eigenvalue weighted by atomic mass is 16.5. The molecule has 53 heavy (non-hydrogen) atoms. The molecule has 0 radical (unpaired) electrons. The molecule has 1 fully saturated rings. The van der Waals surface area contributed by atoms with Crippen LogP contribution in [0.5, 0.6) is 0 Å². The molecule has 1 aliphatic carbocycles. The van der Waals surface area contributed by atoms with E-state index < -0.39 is 54.5 Å². The number of aliphatic hydroxyl groups is 2. The molecule has 2 amide bonds. The highest BCUT2D eigenvalue weighted by Gasteiger charge is 2.44. The fourth-order valence-corrected chi connectivity index (χ4v) is 8.40. The molecule has 12 atom stereocenters. The van der Waals surface area contributed by atoms with Gasteiger partial charge in [-0.3, -0.25) is 24.3 Å². The highest BCUT2D eigenvalue weighted by molar-refractivity contribution is 5.85. The third-order valence-corrected chi connectivity index (χ3v) is 11.6. The fraction of sp³-hybridized carbons (Fsp3) is 0.825. The van der Waals surface area contributed by atoms with Gasteiger partial charge in [-0.15, -0.1) is 0 Å².